The number of carbonyl (C=O) groups excluding carboxylic acids is 1. The molecule has 1 atom stereocenters. The molecule has 1 unspecified atom stereocenters. The van der Waals surface area contributed by atoms with Crippen molar-refractivity contribution in [2.45, 2.75) is 26.8 Å². The molecule has 1 aromatic carbocycles. The van der Waals surface area contributed by atoms with Crippen LogP contribution in [-0.4, -0.2) is 12.1 Å². The fraction of sp³-hybridized carbons (Fsp3) is 0.333. The second-order valence-electron chi connectivity index (χ2n) is 3.95. The van der Waals surface area contributed by atoms with Gasteiger partial charge in [0.05, 0.1) is 11.5 Å². The van der Waals surface area contributed by atoms with Crippen molar-refractivity contribution >= 4 is 17.8 Å². The molecule has 1 aliphatic heterocycles. The first-order valence-electron chi connectivity index (χ1n) is 5.00. The Morgan fingerprint density at radius 1 is 1.27 bits per heavy atom. The van der Waals surface area contributed by atoms with Gasteiger partial charge in [0.1, 0.15) is 12.3 Å². The molecule has 0 bridgehead atoms. The summed E-state index contributed by atoms with van der Waals surface area (Å²) in [4.78, 5) is 15.3. The van der Waals surface area contributed by atoms with E-state index in [1.807, 2.05) is 26.0 Å². The molecule has 0 radical (unpaired) electrons. The molecular formula is C12H14N2O. The van der Waals surface area contributed by atoms with Crippen molar-refractivity contribution in [3.8, 4) is 0 Å². The number of amidine groups is 1. The molecule has 0 aromatic heterocycles. The van der Waals surface area contributed by atoms with Crippen LogP contribution in [0.3, 0.4) is 0 Å². The zero-order chi connectivity index (χ0) is 11.0. The Bertz CT molecular complexity index is 449. The van der Waals surface area contributed by atoms with Gasteiger partial charge in [0.2, 0.25) is 0 Å². The summed E-state index contributed by atoms with van der Waals surface area (Å²) >= 11 is 0. The van der Waals surface area contributed by atoms with E-state index in [1.54, 1.807) is 0 Å². The number of aryl methyl sites for hydroxylation is 2. The molecule has 1 N–H and O–H groups in total. The molecule has 0 saturated carbocycles. The average molecular weight is 202 g/mol. The molecule has 3 nitrogen and oxygen atoms in total. The van der Waals surface area contributed by atoms with E-state index in [0.29, 0.717) is 0 Å². The number of nitrogens with zero attached hydrogens (tertiary/aromatic N) is 1. The molecule has 78 valence electrons. The Labute approximate surface area is 89.2 Å². The number of aliphatic imine (C=N–C) groups is 1. The van der Waals surface area contributed by atoms with Crippen LogP contribution >= 0.6 is 0 Å². The van der Waals surface area contributed by atoms with Crippen molar-refractivity contribution < 1.29 is 4.79 Å². The molecule has 1 aromatic rings. The quantitative estimate of drug-likeness (QED) is 0.709. The van der Waals surface area contributed by atoms with E-state index in [2.05, 4.69) is 17.2 Å². The zero-order valence-corrected chi connectivity index (χ0v) is 9.16. The van der Waals surface area contributed by atoms with Crippen LogP contribution in [0.1, 0.15) is 29.7 Å². The van der Waals surface area contributed by atoms with Crippen LogP contribution in [0.25, 0.3) is 0 Å². The summed E-state index contributed by atoms with van der Waals surface area (Å²) in [5, 5.41) is 3.05. The monoisotopic (exact) mass is 202 g/mol. The lowest BCUT2D eigenvalue weighted by Crippen LogP contribution is -2.30. The van der Waals surface area contributed by atoms with E-state index in [0.717, 1.165) is 23.4 Å². The molecule has 0 saturated heterocycles. The van der Waals surface area contributed by atoms with Crippen molar-refractivity contribution in [2.75, 3.05) is 0 Å². The number of hydrogen-bond donors (Lipinski definition) is 1. The van der Waals surface area contributed by atoms with Crippen LogP contribution in [-0.2, 0) is 4.79 Å². The maximum absolute atomic E-state index is 10.9. The maximum Gasteiger partial charge on any atom is 0.146 e. The van der Waals surface area contributed by atoms with Crippen molar-refractivity contribution in [1.82, 2.24) is 5.32 Å². The second-order valence-corrected chi connectivity index (χ2v) is 3.95. The normalized spacial score (nSPS) is 18.9. The van der Waals surface area contributed by atoms with Gasteiger partial charge in [-0.2, -0.15) is 0 Å². The molecule has 0 spiro atoms. The average Bonchev–Trinajstić information content (AvgIpc) is 2.19. The van der Waals surface area contributed by atoms with E-state index in [9.17, 15) is 4.79 Å². The van der Waals surface area contributed by atoms with Gasteiger partial charge in [0.15, 0.2) is 0 Å². The van der Waals surface area contributed by atoms with E-state index >= 15 is 0 Å². The summed E-state index contributed by atoms with van der Waals surface area (Å²) in [6, 6.07) is 3.81. The van der Waals surface area contributed by atoms with Gasteiger partial charge in [-0.1, -0.05) is 6.07 Å². The van der Waals surface area contributed by atoms with Crippen LogP contribution in [0.2, 0.25) is 0 Å². The third kappa shape index (κ3) is 1.65. The highest BCUT2D eigenvalue weighted by molar-refractivity contribution is 5.89. The van der Waals surface area contributed by atoms with E-state index in [4.69, 9.17) is 0 Å². The number of hydrogen-bond acceptors (Lipinski definition) is 3. The van der Waals surface area contributed by atoms with Gasteiger partial charge in [0.25, 0.3) is 0 Å². The summed E-state index contributed by atoms with van der Waals surface area (Å²) in [6.45, 7) is 5.97. The first kappa shape index (κ1) is 9.90. The van der Waals surface area contributed by atoms with Gasteiger partial charge in [0, 0.05) is 5.56 Å². The fourth-order valence-electron chi connectivity index (χ4n) is 1.79. The van der Waals surface area contributed by atoms with Crippen molar-refractivity contribution in [2.24, 2.45) is 4.99 Å². The summed E-state index contributed by atoms with van der Waals surface area (Å²) < 4.78 is 0. The molecular weight excluding hydrogens is 188 g/mol. The van der Waals surface area contributed by atoms with Crippen LogP contribution < -0.4 is 5.32 Å². The molecule has 1 aliphatic rings. The molecule has 0 amide bonds. The van der Waals surface area contributed by atoms with E-state index in [-0.39, 0.29) is 6.04 Å². The van der Waals surface area contributed by atoms with Gasteiger partial charge in [-0.15, -0.1) is 0 Å². The van der Waals surface area contributed by atoms with Gasteiger partial charge in [-0.3, -0.25) is 0 Å². The molecule has 1 heterocycles. The Morgan fingerprint density at radius 2 is 1.93 bits per heavy atom. The number of nitrogens with one attached hydrogen (secondary N) is 1. The predicted molar refractivity (Wildman–Crippen MR) is 60.6 cm³/mol. The lowest BCUT2D eigenvalue weighted by Gasteiger charge is -2.22. The molecule has 3 heteroatoms. The van der Waals surface area contributed by atoms with Gasteiger partial charge >= 0.3 is 0 Å². The van der Waals surface area contributed by atoms with Crippen LogP contribution in [0, 0.1) is 13.8 Å². The summed E-state index contributed by atoms with van der Waals surface area (Å²) in [6.07, 6.45) is 0.922. The smallest absolute Gasteiger partial charge is 0.146 e. The standard InChI is InChI=1S/C12H14N2O/c1-7-4-10-11(5-8(7)2)13-9(3)14-12(10)6-15/h4-6,12H,1-3H3,(H,13,14). The van der Waals surface area contributed by atoms with Gasteiger partial charge < -0.3 is 10.1 Å². The predicted octanol–water partition coefficient (Wildman–Crippen LogP) is 2.20. The summed E-state index contributed by atoms with van der Waals surface area (Å²) in [5.74, 6) is 0.794. The Hall–Kier alpha value is -1.64. The Kier molecular flexibility index (Phi) is 2.31. The summed E-state index contributed by atoms with van der Waals surface area (Å²) in [5.41, 5.74) is 4.28. The molecule has 0 aliphatic carbocycles. The minimum absolute atomic E-state index is 0.253. The summed E-state index contributed by atoms with van der Waals surface area (Å²) in [7, 11) is 0. The first-order valence-corrected chi connectivity index (χ1v) is 5.00. The van der Waals surface area contributed by atoms with Crippen molar-refractivity contribution in [3.05, 3.63) is 28.8 Å². The molecule has 0 fully saturated rings. The number of benzene rings is 1. The van der Waals surface area contributed by atoms with Gasteiger partial charge in [-0.05, 0) is 38.0 Å². The van der Waals surface area contributed by atoms with E-state index in [1.165, 1.54) is 11.1 Å². The lowest BCUT2D eigenvalue weighted by molar-refractivity contribution is -0.109. The van der Waals surface area contributed by atoms with Crippen molar-refractivity contribution in [1.29, 1.82) is 0 Å². The van der Waals surface area contributed by atoms with Crippen LogP contribution in [0.15, 0.2) is 17.1 Å². The Balaban J connectivity index is 2.62. The molecule has 15 heavy (non-hydrogen) atoms. The van der Waals surface area contributed by atoms with Crippen LogP contribution in [0.5, 0.6) is 0 Å². The minimum Gasteiger partial charge on any atom is -0.360 e. The van der Waals surface area contributed by atoms with Gasteiger partial charge in [-0.25, -0.2) is 4.99 Å². The number of rotatable bonds is 1. The number of aldehydes is 1. The molecule has 2 rings (SSSR count). The second kappa shape index (κ2) is 3.50. The number of fused-ring (bicyclic) bond motifs is 1. The topological polar surface area (TPSA) is 41.5 Å². The largest absolute Gasteiger partial charge is 0.360 e. The zero-order valence-electron chi connectivity index (χ0n) is 9.16. The minimum atomic E-state index is -0.253. The Morgan fingerprint density at radius 3 is 2.60 bits per heavy atom. The number of carbonyl (C=O) groups is 1. The highest BCUT2D eigenvalue weighted by Crippen LogP contribution is 2.30. The van der Waals surface area contributed by atoms with Crippen LogP contribution in [0.4, 0.5) is 5.69 Å². The highest BCUT2D eigenvalue weighted by Gasteiger charge is 2.19. The van der Waals surface area contributed by atoms with Crippen molar-refractivity contribution in [3.63, 3.8) is 0 Å². The lowest BCUT2D eigenvalue weighted by atomic mass is 9.98. The third-order valence-electron chi connectivity index (χ3n) is 2.77. The highest BCUT2D eigenvalue weighted by atomic mass is 16.1. The van der Waals surface area contributed by atoms with E-state index < -0.39 is 0 Å². The fourth-order valence-corrected chi connectivity index (χ4v) is 1.79. The third-order valence-corrected chi connectivity index (χ3v) is 2.77. The SMILES string of the molecule is CC1=Nc2cc(C)c(C)cc2C(C=O)N1. The maximum atomic E-state index is 10.9. The first-order chi connectivity index (χ1) is 7.11.